The van der Waals surface area contributed by atoms with Gasteiger partial charge in [-0.3, -0.25) is 0 Å². The number of halogens is 1. The Labute approximate surface area is 79.3 Å². The minimum absolute atomic E-state index is 0.211. The van der Waals surface area contributed by atoms with Gasteiger partial charge in [0.15, 0.2) is 0 Å². The average Bonchev–Trinajstić information content (AvgIpc) is 2.09. The van der Waals surface area contributed by atoms with E-state index < -0.39 is 0 Å². The van der Waals surface area contributed by atoms with Crippen LogP contribution in [0.5, 0.6) is 0 Å². The largest absolute Gasteiger partial charge is 0.330 e. The molecule has 0 aliphatic heterocycles. The summed E-state index contributed by atoms with van der Waals surface area (Å²) in [7, 11) is 0. The zero-order chi connectivity index (χ0) is 8.81. The molecule has 0 fully saturated rings. The molecular formula is C10H16ClN. The lowest BCUT2D eigenvalue weighted by atomic mass is 10.0. The van der Waals surface area contributed by atoms with Crippen LogP contribution in [0.15, 0.2) is 23.8 Å². The monoisotopic (exact) mass is 185 g/mol. The zero-order valence-corrected chi connectivity index (χ0v) is 8.06. The van der Waals surface area contributed by atoms with E-state index in [1.54, 1.807) is 0 Å². The molecule has 0 spiro atoms. The van der Waals surface area contributed by atoms with Crippen LogP contribution in [0.1, 0.15) is 25.7 Å². The fourth-order valence-electron chi connectivity index (χ4n) is 1.30. The van der Waals surface area contributed by atoms with Gasteiger partial charge in [0.05, 0.1) is 5.38 Å². The Kier molecular flexibility index (Phi) is 4.41. The lowest BCUT2D eigenvalue weighted by Gasteiger charge is -2.09. The van der Waals surface area contributed by atoms with Gasteiger partial charge in [0.25, 0.3) is 0 Å². The predicted molar refractivity (Wildman–Crippen MR) is 54.4 cm³/mol. The van der Waals surface area contributed by atoms with E-state index >= 15 is 0 Å². The van der Waals surface area contributed by atoms with Crippen LogP contribution in [0, 0.1) is 0 Å². The van der Waals surface area contributed by atoms with Crippen LogP contribution >= 0.6 is 11.6 Å². The summed E-state index contributed by atoms with van der Waals surface area (Å²) in [5, 5.41) is 0.211. The topological polar surface area (TPSA) is 26.0 Å². The van der Waals surface area contributed by atoms with Crippen LogP contribution in [0.3, 0.4) is 0 Å². The molecule has 2 heteroatoms. The fourth-order valence-corrected chi connectivity index (χ4v) is 1.46. The molecule has 1 rings (SSSR count). The summed E-state index contributed by atoms with van der Waals surface area (Å²) < 4.78 is 0. The Hall–Kier alpha value is -0.270. The van der Waals surface area contributed by atoms with Crippen molar-refractivity contribution in [1.82, 2.24) is 0 Å². The van der Waals surface area contributed by atoms with E-state index in [-0.39, 0.29) is 5.38 Å². The van der Waals surface area contributed by atoms with Gasteiger partial charge in [0.1, 0.15) is 0 Å². The standard InChI is InChI=1S/C10H16ClN/c11-10-6-4-9(5-7-10)3-1-2-8-12/h4-6,10H,1-3,7-8,12H2. The maximum Gasteiger partial charge on any atom is 0.0553 e. The van der Waals surface area contributed by atoms with Gasteiger partial charge < -0.3 is 5.73 Å². The maximum atomic E-state index is 5.89. The minimum atomic E-state index is 0.211. The molecule has 1 aliphatic carbocycles. The normalized spacial score (nSPS) is 22.5. The lowest BCUT2D eigenvalue weighted by molar-refractivity contribution is 0.742. The van der Waals surface area contributed by atoms with Crippen molar-refractivity contribution >= 4 is 11.6 Å². The number of alkyl halides is 1. The molecule has 0 saturated heterocycles. The number of rotatable bonds is 4. The van der Waals surface area contributed by atoms with Gasteiger partial charge in [-0.2, -0.15) is 0 Å². The maximum absolute atomic E-state index is 5.89. The molecule has 0 amide bonds. The van der Waals surface area contributed by atoms with Crippen molar-refractivity contribution < 1.29 is 0 Å². The molecule has 0 aromatic carbocycles. The molecule has 1 unspecified atom stereocenters. The molecule has 1 nitrogen and oxygen atoms in total. The molecule has 1 aliphatic rings. The van der Waals surface area contributed by atoms with Crippen LogP contribution < -0.4 is 5.73 Å². The Morgan fingerprint density at radius 2 is 2.33 bits per heavy atom. The van der Waals surface area contributed by atoms with Crippen molar-refractivity contribution in [2.75, 3.05) is 6.54 Å². The quantitative estimate of drug-likeness (QED) is 0.529. The Balaban J connectivity index is 2.21. The Morgan fingerprint density at radius 3 is 2.92 bits per heavy atom. The van der Waals surface area contributed by atoms with Gasteiger partial charge in [0, 0.05) is 0 Å². The third-order valence-corrected chi connectivity index (χ3v) is 2.37. The van der Waals surface area contributed by atoms with Gasteiger partial charge in [-0.05, 0) is 32.2 Å². The van der Waals surface area contributed by atoms with E-state index in [0.717, 1.165) is 25.8 Å². The first-order valence-corrected chi connectivity index (χ1v) is 4.98. The first-order valence-electron chi connectivity index (χ1n) is 4.54. The first kappa shape index (κ1) is 9.82. The van der Waals surface area contributed by atoms with Crippen LogP contribution in [-0.2, 0) is 0 Å². The van der Waals surface area contributed by atoms with Crippen molar-refractivity contribution in [3.8, 4) is 0 Å². The summed E-state index contributed by atoms with van der Waals surface area (Å²) in [5.74, 6) is 0. The van der Waals surface area contributed by atoms with Crippen molar-refractivity contribution in [2.24, 2.45) is 5.73 Å². The molecule has 0 aromatic rings. The van der Waals surface area contributed by atoms with E-state index in [2.05, 4.69) is 18.2 Å². The van der Waals surface area contributed by atoms with Gasteiger partial charge in [0.2, 0.25) is 0 Å². The van der Waals surface area contributed by atoms with Gasteiger partial charge in [-0.1, -0.05) is 23.8 Å². The predicted octanol–water partition coefficient (Wildman–Crippen LogP) is 2.61. The molecule has 1 atom stereocenters. The van der Waals surface area contributed by atoms with Crippen molar-refractivity contribution in [2.45, 2.75) is 31.1 Å². The van der Waals surface area contributed by atoms with E-state index in [0.29, 0.717) is 0 Å². The molecule has 0 radical (unpaired) electrons. The third kappa shape index (κ3) is 3.42. The highest BCUT2D eigenvalue weighted by atomic mass is 35.5. The van der Waals surface area contributed by atoms with E-state index in [1.807, 2.05) is 0 Å². The van der Waals surface area contributed by atoms with Crippen LogP contribution in [0.25, 0.3) is 0 Å². The number of allylic oxidation sites excluding steroid dienone is 4. The van der Waals surface area contributed by atoms with Crippen molar-refractivity contribution in [3.63, 3.8) is 0 Å². The molecule has 0 bridgehead atoms. The summed E-state index contributed by atoms with van der Waals surface area (Å²) in [6.45, 7) is 0.801. The second-order valence-electron chi connectivity index (χ2n) is 3.14. The van der Waals surface area contributed by atoms with E-state index in [1.165, 1.54) is 12.0 Å². The number of nitrogens with two attached hydrogens (primary N) is 1. The summed E-state index contributed by atoms with van der Waals surface area (Å²) in [5.41, 5.74) is 6.82. The fraction of sp³-hybridized carbons (Fsp3) is 0.600. The Bertz CT molecular complexity index is 184. The second-order valence-corrected chi connectivity index (χ2v) is 3.70. The lowest BCUT2D eigenvalue weighted by Crippen LogP contribution is -2.00. The summed E-state index contributed by atoms with van der Waals surface area (Å²) >= 11 is 5.89. The van der Waals surface area contributed by atoms with Crippen molar-refractivity contribution in [3.05, 3.63) is 23.8 Å². The van der Waals surface area contributed by atoms with Crippen molar-refractivity contribution in [1.29, 1.82) is 0 Å². The molecule has 0 saturated carbocycles. The third-order valence-electron chi connectivity index (χ3n) is 2.04. The van der Waals surface area contributed by atoms with E-state index in [4.69, 9.17) is 17.3 Å². The Morgan fingerprint density at radius 1 is 1.50 bits per heavy atom. The zero-order valence-electron chi connectivity index (χ0n) is 7.30. The number of hydrogen-bond donors (Lipinski definition) is 1. The summed E-state index contributed by atoms with van der Waals surface area (Å²) in [6, 6.07) is 0. The first-order chi connectivity index (χ1) is 5.83. The summed E-state index contributed by atoms with van der Waals surface area (Å²) in [4.78, 5) is 0. The highest BCUT2D eigenvalue weighted by Gasteiger charge is 2.03. The van der Waals surface area contributed by atoms with Gasteiger partial charge >= 0.3 is 0 Å². The SMILES string of the molecule is NCCCCC1=CCC(Cl)C=C1. The average molecular weight is 186 g/mol. The van der Waals surface area contributed by atoms with Gasteiger partial charge in [-0.25, -0.2) is 0 Å². The number of hydrogen-bond acceptors (Lipinski definition) is 1. The van der Waals surface area contributed by atoms with Crippen LogP contribution in [0.2, 0.25) is 0 Å². The number of unbranched alkanes of at least 4 members (excludes halogenated alkanes) is 1. The van der Waals surface area contributed by atoms with Gasteiger partial charge in [-0.15, -0.1) is 11.6 Å². The highest BCUT2D eigenvalue weighted by molar-refractivity contribution is 6.22. The molecular weight excluding hydrogens is 170 g/mol. The molecule has 68 valence electrons. The van der Waals surface area contributed by atoms with Crippen LogP contribution in [-0.4, -0.2) is 11.9 Å². The molecule has 12 heavy (non-hydrogen) atoms. The highest BCUT2D eigenvalue weighted by Crippen LogP contribution is 2.18. The van der Waals surface area contributed by atoms with Crippen LogP contribution in [0.4, 0.5) is 0 Å². The smallest absolute Gasteiger partial charge is 0.0553 e. The molecule has 2 N–H and O–H groups in total. The minimum Gasteiger partial charge on any atom is -0.330 e. The van der Waals surface area contributed by atoms with E-state index in [9.17, 15) is 0 Å². The summed E-state index contributed by atoms with van der Waals surface area (Å²) in [6.07, 6.45) is 10.9. The second kappa shape index (κ2) is 5.39. The molecule has 0 aromatic heterocycles. The molecule has 0 heterocycles.